The molecule has 0 bridgehead atoms. The first-order valence-electron chi connectivity index (χ1n) is 22.9. The van der Waals surface area contributed by atoms with Crippen LogP contribution in [0.4, 0.5) is 0 Å². The summed E-state index contributed by atoms with van der Waals surface area (Å²) >= 11 is 6.45. The SMILES string of the molecule is Oc1c2c(c(O)n1-c1nnc(-c3ccccc3Cl)o1)-c1c-2c(O)n(-c2c(-n3c4ccccc4c4ccccc43)cc(-n3c4ccccc4c4ccccc43)cc2-n2c3ccccc3c3ccccc32)c1O. The van der Waals surface area contributed by atoms with Gasteiger partial charge in [-0.3, -0.25) is 0 Å². The lowest BCUT2D eigenvalue weighted by atomic mass is 9.86. The Bertz CT molecular complexity index is 4280. The van der Waals surface area contributed by atoms with E-state index in [-0.39, 0.29) is 45.9 Å². The Hall–Kier alpha value is -9.65. The van der Waals surface area contributed by atoms with Crippen molar-refractivity contribution in [3.05, 3.63) is 187 Å². The molecule has 12 nitrogen and oxygen atoms in total. The highest BCUT2D eigenvalue weighted by Gasteiger charge is 2.45. The molecule has 1 aliphatic rings. The zero-order chi connectivity index (χ0) is 47.4. The number of rotatable bonds is 6. The van der Waals surface area contributed by atoms with Gasteiger partial charge in [-0.25, -0.2) is 9.13 Å². The topological polar surface area (TPSA) is 144 Å². The number of hydrogen-bond acceptors (Lipinski definition) is 7. The molecule has 8 aromatic carbocycles. The third kappa shape index (κ3) is 5.12. The Balaban J connectivity index is 1.08. The fraction of sp³-hybridized carbons (Fsp3) is 0. The number of para-hydroxylation sites is 6. The van der Waals surface area contributed by atoms with Gasteiger partial charge in [-0.15, -0.1) is 5.10 Å². The van der Waals surface area contributed by atoms with Crippen molar-refractivity contribution in [1.82, 2.24) is 33.0 Å². The molecule has 4 N–H and O–H groups in total. The Kier molecular flexibility index (Phi) is 7.87. The van der Waals surface area contributed by atoms with E-state index in [0.717, 1.165) is 75.7 Å². The number of halogens is 1. The van der Waals surface area contributed by atoms with Gasteiger partial charge in [-0.1, -0.05) is 138 Å². The van der Waals surface area contributed by atoms with Gasteiger partial charge in [0, 0.05) is 32.3 Å². The van der Waals surface area contributed by atoms with Crippen LogP contribution in [0.25, 0.3) is 128 Å². The van der Waals surface area contributed by atoms with E-state index in [2.05, 4.69) is 121 Å². The minimum Gasteiger partial charge on any atom is -0.494 e. The highest BCUT2D eigenvalue weighted by atomic mass is 35.5. The van der Waals surface area contributed by atoms with E-state index in [1.54, 1.807) is 24.3 Å². The van der Waals surface area contributed by atoms with E-state index in [4.69, 9.17) is 16.0 Å². The maximum Gasteiger partial charge on any atom is 0.332 e. The number of hydrogen-bond donors (Lipinski definition) is 4. The molecule has 0 spiro atoms. The normalized spacial score (nSPS) is 12.2. The number of fused-ring (bicyclic) bond motifs is 13. The minimum atomic E-state index is -0.473. The van der Waals surface area contributed by atoms with Crippen molar-refractivity contribution >= 4 is 77.0 Å². The summed E-state index contributed by atoms with van der Waals surface area (Å²) in [6, 6.07) is 60.5. The van der Waals surface area contributed by atoms with Gasteiger partial charge in [-0.2, -0.15) is 0 Å². The van der Waals surface area contributed by atoms with Crippen LogP contribution in [0.1, 0.15) is 0 Å². The van der Waals surface area contributed by atoms with Crippen LogP contribution in [0.15, 0.2) is 186 Å². The Morgan fingerprint density at radius 2 is 0.704 bits per heavy atom. The summed E-state index contributed by atoms with van der Waals surface area (Å²) < 4.78 is 15.0. The first-order valence-corrected chi connectivity index (χ1v) is 23.3. The summed E-state index contributed by atoms with van der Waals surface area (Å²) in [6.07, 6.45) is 0. The number of nitrogens with zero attached hydrogens (tertiary/aromatic N) is 7. The molecule has 6 aromatic heterocycles. The molecule has 0 radical (unpaired) electrons. The zero-order valence-electron chi connectivity index (χ0n) is 37.0. The molecule has 338 valence electrons. The van der Waals surface area contributed by atoms with Crippen molar-refractivity contribution in [2.45, 2.75) is 0 Å². The molecule has 15 rings (SSSR count). The Labute approximate surface area is 406 Å². The van der Waals surface area contributed by atoms with E-state index in [9.17, 15) is 20.4 Å². The number of benzene rings is 8. The van der Waals surface area contributed by atoms with E-state index >= 15 is 0 Å². The van der Waals surface area contributed by atoms with Crippen LogP contribution in [0.3, 0.4) is 0 Å². The van der Waals surface area contributed by atoms with E-state index in [1.807, 2.05) is 60.7 Å². The summed E-state index contributed by atoms with van der Waals surface area (Å²) in [7, 11) is 0. The lowest BCUT2D eigenvalue weighted by molar-refractivity contribution is 0.381. The molecule has 6 heterocycles. The second-order valence-electron chi connectivity index (χ2n) is 17.8. The summed E-state index contributed by atoms with van der Waals surface area (Å²) in [5.74, 6) is -1.62. The molecule has 13 heteroatoms. The second-order valence-corrected chi connectivity index (χ2v) is 18.2. The molecule has 0 unspecified atom stereocenters. The summed E-state index contributed by atoms with van der Waals surface area (Å²) in [4.78, 5) is 0. The predicted molar refractivity (Wildman–Crippen MR) is 278 cm³/mol. The van der Waals surface area contributed by atoms with Crippen LogP contribution in [0, 0.1) is 0 Å². The molecular weight excluding hydrogens is 910 g/mol. The van der Waals surface area contributed by atoms with Crippen LogP contribution in [0.5, 0.6) is 23.5 Å². The maximum absolute atomic E-state index is 13.0. The third-order valence-electron chi connectivity index (χ3n) is 14.2. The van der Waals surface area contributed by atoms with Gasteiger partial charge in [0.25, 0.3) is 5.89 Å². The molecule has 0 aliphatic heterocycles. The van der Waals surface area contributed by atoms with Crippen LogP contribution in [-0.4, -0.2) is 53.5 Å². The third-order valence-corrected chi connectivity index (χ3v) is 14.5. The Morgan fingerprint density at radius 3 is 1.10 bits per heavy atom. The van der Waals surface area contributed by atoms with Crippen molar-refractivity contribution in [2.24, 2.45) is 0 Å². The van der Waals surface area contributed by atoms with Gasteiger partial charge in [0.1, 0.15) is 5.69 Å². The lowest BCUT2D eigenvalue weighted by Crippen LogP contribution is -2.11. The first-order chi connectivity index (χ1) is 34.9. The summed E-state index contributed by atoms with van der Waals surface area (Å²) in [5, 5.41) is 64.9. The molecule has 1 aliphatic carbocycles. The summed E-state index contributed by atoms with van der Waals surface area (Å²) in [6.45, 7) is 0. The van der Waals surface area contributed by atoms with E-state index in [1.165, 1.54) is 4.57 Å². The van der Waals surface area contributed by atoms with Crippen molar-refractivity contribution < 1.29 is 24.8 Å². The molecule has 0 atom stereocenters. The summed E-state index contributed by atoms with van der Waals surface area (Å²) in [5.41, 5.74) is 9.00. The molecule has 0 saturated carbocycles. The quantitative estimate of drug-likeness (QED) is 0.130. The fourth-order valence-corrected chi connectivity index (χ4v) is 11.5. The molecule has 0 saturated heterocycles. The van der Waals surface area contributed by atoms with Crippen LogP contribution >= 0.6 is 11.6 Å². The standard InChI is InChI=1S/C58H34ClN7O5/c59-39-22-8-1-21-38(39)53-60-61-58(71-53)66-56(69)50-48-49(51(50)57(66)70)55(68)65(54(48)67)52-46(63-42-25-11-4-17-34(42)35-18-5-12-26-43(35)63)29-31(62-40-23-9-2-15-32(40)33-16-3-10-24-41(33)62)30-47(52)64-44-27-13-6-19-36(44)37-20-7-14-28-45(37)64/h1-30,67-70H. The number of aromatic hydroxyl groups is 4. The van der Waals surface area contributed by atoms with Gasteiger partial charge in [0.2, 0.25) is 23.5 Å². The molecule has 14 aromatic rings. The van der Waals surface area contributed by atoms with Crippen LogP contribution in [-0.2, 0) is 0 Å². The van der Waals surface area contributed by atoms with Crippen LogP contribution in [0.2, 0.25) is 5.02 Å². The van der Waals surface area contributed by atoms with Gasteiger partial charge in [-0.05, 0) is 60.7 Å². The highest BCUT2D eigenvalue weighted by Crippen LogP contribution is 2.66. The fourth-order valence-electron chi connectivity index (χ4n) is 11.3. The molecular formula is C58H34ClN7O5. The first kappa shape index (κ1) is 39.4. The van der Waals surface area contributed by atoms with Gasteiger partial charge in [0.05, 0.1) is 83.0 Å². The van der Waals surface area contributed by atoms with E-state index < -0.39 is 11.8 Å². The van der Waals surface area contributed by atoms with Crippen molar-refractivity contribution in [3.63, 3.8) is 0 Å². The Morgan fingerprint density at radius 1 is 0.366 bits per heavy atom. The smallest absolute Gasteiger partial charge is 0.332 e. The van der Waals surface area contributed by atoms with Gasteiger partial charge >= 0.3 is 6.01 Å². The van der Waals surface area contributed by atoms with Crippen LogP contribution < -0.4 is 0 Å². The highest BCUT2D eigenvalue weighted by molar-refractivity contribution is 6.33. The average Bonchev–Trinajstić information content (AvgIpc) is 4.22. The van der Waals surface area contributed by atoms with Gasteiger partial charge < -0.3 is 38.5 Å². The molecule has 71 heavy (non-hydrogen) atoms. The monoisotopic (exact) mass is 943 g/mol. The minimum absolute atomic E-state index is 0.0653. The molecule has 0 amide bonds. The van der Waals surface area contributed by atoms with Gasteiger partial charge in [0.15, 0.2) is 0 Å². The predicted octanol–water partition coefficient (Wildman–Crippen LogP) is 13.7. The number of aromatic nitrogens is 7. The van der Waals surface area contributed by atoms with Crippen molar-refractivity contribution in [2.75, 3.05) is 0 Å². The maximum atomic E-state index is 13.0. The van der Waals surface area contributed by atoms with E-state index in [0.29, 0.717) is 27.6 Å². The molecule has 0 fully saturated rings. The zero-order valence-corrected chi connectivity index (χ0v) is 37.8. The second kappa shape index (κ2) is 14.2. The van der Waals surface area contributed by atoms with Crippen molar-refractivity contribution in [1.29, 1.82) is 0 Å². The largest absolute Gasteiger partial charge is 0.494 e. The lowest BCUT2D eigenvalue weighted by Gasteiger charge is -2.23. The van der Waals surface area contributed by atoms with Crippen molar-refractivity contribution in [3.8, 4) is 86.0 Å². The average molecular weight is 944 g/mol.